The number of hydrogen-bond acceptors (Lipinski definition) is 7. The third-order valence-corrected chi connectivity index (χ3v) is 6.26. The van der Waals surface area contributed by atoms with Crippen LogP contribution in [-0.2, 0) is 17.9 Å². The Morgan fingerprint density at radius 1 is 0.919 bits per heavy atom. The van der Waals surface area contributed by atoms with Crippen molar-refractivity contribution in [1.29, 1.82) is 0 Å². The number of aromatic nitrogens is 2. The zero-order valence-electron chi connectivity index (χ0n) is 20.4. The first-order valence-electron chi connectivity index (χ1n) is 12.3. The number of hydrogen-bond donors (Lipinski definition) is 3. The summed E-state index contributed by atoms with van der Waals surface area (Å²) in [4.78, 5) is 24.8. The fourth-order valence-corrected chi connectivity index (χ4v) is 4.27. The van der Waals surface area contributed by atoms with Gasteiger partial charge in [-0.1, -0.05) is 42.5 Å². The fourth-order valence-electron chi connectivity index (χ4n) is 4.27. The molecule has 0 atom stereocenters. The predicted molar refractivity (Wildman–Crippen MR) is 144 cm³/mol. The van der Waals surface area contributed by atoms with Crippen LogP contribution in [0.5, 0.6) is 0 Å². The molecule has 1 fully saturated rings. The number of morpholine rings is 1. The van der Waals surface area contributed by atoms with Crippen molar-refractivity contribution in [3.05, 3.63) is 95.6 Å². The van der Waals surface area contributed by atoms with Gasteiger partial charge in [0.1, 0.15) is 5.82 Å². The average molecular weight is 496 g/mol. The van der Waals surface area contributed by atoms with Gasteiger partial charge in [0, 0.05) is 48.1 Å². The van der Waals surface area contributed by atoms with Crippen LogP contribution in [-0.4, -0.2) is 47.3 Å². The van der Waals surface area contributed by atoms with E-state index in [1.54, 1.807) is 12.1 Å². The molecule has 0 spiro atoms. The Morgan fingerprint density at radius 3 is 2.49 bits per heavy atom. The maximum absolute atomic E-state index is 12.9. The summed E-state index contributed by atoms with van der Waals surface area (Å²) < 4.78 is 5.52. The molecule has 0 aliphatic carbocycles. The van der Waals surface area contributed by atoms with Crippen LogP contribution in [0.15, 0.2) is 78.9 Å². The number of nitrogens with two attached hydrogens (primary N) is 1. The van der Waals surface area contributed by atoms with E-state index in [0.717, 1.165) is 46.9 Å². The number of anilines is 2. The molecule has 5 rings (SSSR count). The number of carbonyl (C=O) groups is 1. The van der Waals surface area contributed by atoms with Crippen LogP contribution in [0.4, 0.5) is 11.5 Å². The number of rotatable bonds is 7. The zero-order valence-corrected chi connectivity index (χ0v) is 20.4. The summed E-state index contributed by atoms with van der Waals surface area (Å²) >= 11 is 0. The van der Waals surface area contributed by atoms with Gasteiger partial charge < -0.3 is 25.8 Å². The normalized spacial score (nSPS) is 13.4. The highest BCUT2D eigenvalue weighted by Gasteiger charge is 2.17. The standard InChI is InChI=1S/C29H29N5O3/c30-18-20-4-1-8-24(14-20)29(36)31-25-9-3-7-23(16-25)28-32-26(22-6-2-5-21(15-22)19-35)17-27(33-28)34-10-12-37-13-11-34/h1-9,14-17,35H,10-13,18-19,30H2,(H,31,36). The van der Waals surface area contributed by atoms with Gasteiger partial charge in [-0.2, -0.15) is 0 Å². The van der Waals surface area contributed by atoms with Gasteiger partial charge in [0.05, 0.1) is 25.5 Å². The van der Waals surface area contributed by atoms with Gasteiger partial charge in [-0.3, -0.25) is 4.79 Å². The number of carbonyl (C=O) groups excluding carboxylic acids is 1. The van der Waals surface area contributed by atoms with Crippen LogP contribution in [0.3, 0.4) is 0 Å². The van der Waals surface area contributed by atoms with E-state index >= 15 is 0 Å². The summed E-state index contributed by atoms with van der Waals surface area (Å²) in [5.74, 6) is 1.15. The largest absolute Gasteiger partial charge is 0.392 e. The molecule has 1 aliphatic rings. The number of amides is 1. The molecule has 8 heteroatoms. The van der Waals surface area contributed by atoms with Crippen LogP contribution < -0.4 is 16.0 Å². The van der Waals surface area contributed by atoms with Gasteiger partial charge in [0.25, 0.3) is 5.91 Å². The number of aliphatic hydroxyl groups excluding tert-OH is 1. The van der Waals surface area contributed by atoms with E-state index in [4.69, 9.17) is 20.4 Å². The second kappa shape index (κ2) is 11.3. The summed E-state index contributed by atoms with van der Waals surface area (Å²) in [7, 11) is 0. The minimum absolute atomic E-state index is 0.0436. The lowest BCUT2D eigenvalue weighted by Gasteiger charge is -2.28. The third kappa shape index (κ3) is 5.83. The Hall–Kier alpha value is -4.11. The zero-order chi connectivity index (χ0) is 25.6. The highest BCUT2D eigenvalue weighted by Crippen LogP contribution is 2.28. The van der Waals surface area contributed by atoms with Crippen molar-refractivity contribution in [1.82, 2.24) is 9.97 Å². The van der Waals surface area contributed by atoms with E-state index in [0.29, 0.717) is 36.8 Å². The lowest BCUT2D eigenvalue weighted by molar-refractivity contribution is 0.102. The molecule has 188 valence electrons. The molecule has 2 heterocycles. The summed E-state index contributed by atoms with van der Waals surface area (Å²) in [6.07, 6.45) is 0. The monoisotopic (exact) mass is 495 g/mol. The molecule has 8 nitrogen and oxygen atoms in total. The van der Waals surface area contributed by atoms with Crippen molar-refractivity contribution >= 4 is 17.4 Å². The van der Waals surface area contributed by atoms with E-state index < -0.39 is 0 Å². The molecule has 0 bridgehead atoms. The van der Waals surface area contributed by atoms with E-state index in [9.17, 15) is 9.90 Å². The molecule has 4 aromatic rings. The Morgan fingerprint density at radius 2 is 1.68 bits per heavy atom. The molecule has 0 radical (unpaired) electrons. The number of benzene rings is 3. The SMILES string of the molecule is NCc1cccc(C(=O)Nc2cccc(-c3nc(-c4cccc(CO)c4)cc(N4CCOCC4)n3)c2)c1. The van der Waals surface area contributed by atoms with Gasteiger partial charge in [-0.15, -0.1) is 0 Å². The lowest BCUT2D eigenvalue weighted by Crippen LogP contribution is -2.36. The second-order valence-electron chi connectivity index (χ2n) is 8.83. The first kappa shape index (κ1) is 24.6. The van der Waals surface area contributed by atoms with Crippen LogP contribution >= 0.6 is 0 Å². The molecular weight excluding hydrogens is 466 g/mol. The Labute approximate surface area is 215 Å². The smallest absolute Gasteiger partial charge is 0.255 e. The van der Waals surface area contributed by atoms with Gasteiger partial charge >= 0.3 is 0 Å². The lowest BCUT2D eigenvalue weighted by atomic mass is 10.1. The number of aliphatic hydroxyl groups is 1. The molecule has 3 aromatic carbocycles. The van der Waals surface area contributed by atoms with E-state index in [2.05, 4.69) is 10.2 Å². The maximum Gasteiger partial charge on any atom is 0.255 e. The molecular formula is C29H29N5O3. The average Bonchev–Trinajstić information content (AvgIpc) is 2.97. The number of ether oxygens (including phenoxy) is 1. The van der Waals surface area contributed by atoms with Gasteiger partial charge in [0.15, 0.2) is 5.82 Å². The first-order valence-corrected chi connectivity index (χ1v) is 12.3. The van der Waals surface area contributed by atoms with Crippen molar-refractivity contribution in [2.45, 2.75) is 13.2 Å². The van der Waals surface area contributed by atoms with Crippen molar-refractivity contribution < 1.29 is 14.6 Å². The highest BCUT2D eigenvalue weighted by atomic mass is 16.5. The highest BCUT2D eigenvalue weighted by molar-refractivity contribution is 6.04. The Kier molecular flexibility index (Phi) is 7.51. The third-order valence-electron chi connectivity index (χ3n) is 6.26. The first-order chi connectivity index (χ1) is 18.1. The van der Waals surface area contributed by atoms with Gasteiger partial charge in [-0.05, 0) is 41.5 Å². The quantitative estimate of drug-likeness (QED) is 0.357. The van der Waals surface area contributed by atoms with Crippen molar-refractivity contribution in [3.8, 4) is 22.6 Å². The Bertz CT molecular complexity index is 1400. The van der Waals surface area contributed by atoms with Crippen LogP contribution in [0.1, 0.15) is 21.5 Å². The Balaban J connectivity index is 1.49. The van der Waals surface area contributed by atoms with Crippen LogP contribution in [0.25, 0.3) is 22.6 Å². The number of nitrogens with zero attached hydrogens (tertiary/aromatic N) is 3. The predicted octanol–water partition coefficient (Wildman–Crippen LogP) is 3.85. The van der Waals surface area contributed by atoms with Crippen molar-refractivity contribution in [2.75, 3.05) is 36.5 Å². The van der Waals surface area contributed by atoms with Crippen LogP contribution in [0, 0.1) is 0 Å². The summed E-state index contributed by atoms with van der Waals surface area (Å²) in [6, 6.07) is 24.5. The summed E-state index contributed by atoms with van der Waals surface area (Å²) in [5, 5.41) is 12.6. The maximum atomic E-state index is 12.9. The molecule has 37 heavy (non-hydrogen) atoms. The van der Waals surface area contributed by atoms with Crippen LogP contribution in [0.2, 0.25) is 0 Å². The molecule has 4 N–H and O–H groups in total. The van der Waals surface area contributed by atoms with E-state index in [-0.39, 0.29) is 12.5 Å². The van der Waals surface area contributed by atoms with Crippen molar-refractivity contribution in [2.24, 2.45) is 5.73 Å². The van der Waals surface area contributed by atoms with Gasteiger partial charge in [0.2, 0.25) is 0 Å². The summed E-state index contributed by atoms with van der Waals surface area (Å²) in [5.41, 5.74) is 11.1. The van der Waals surface area contributed by atoms with Gasteiger partial charge in [-0.25, -0.2) is 9.97 Å². The topological polar surface area (TPSA) is 114 Å². The molecule has 1 aliphatic heterocycles. The molecule has 0 saturated carbocycles. The van der Waals surface area contributed by atoms with E-state index in [1.807, 2.05) is 66.7 Å². The summed E-state index contributed by atoms with van der Waals surface area (Å²) in [6.45, 7) is 3.09. The fraction of sp³-hybridized carbons (Fsp3) is 0.207. The molecule has 1 aromatic heterocycles. The number of nitrogens with one attached hydrogen (secondary N) is 1. The minimum atomic E-state index is -0.211. The molecule has 1 amide bonds. The second-order valence-corrected chi connectivity index (χ2v) is 8.83. The molecule has 0 unspecified atom stereocenters. The van der Waals surface area contributed by atoms with E-state index in [1.165, 1.54) is 0 Å². The molecule has 1 saturated heterocycles. The van der Waals surface area contributed by atoms with Crippen molar-refractivity contribution in [3.63, 3.8) is 0 Å². The minimum Gasteiger partial charge on any atom is -0.392 e.